The number of fused-ring (bicyclic) bond motifs is 1. The van der Waals surface area contributed by atoms with E-state index in [1.54, 1.807) is 12.2 Å². The summed E-state index contributed by atoms with van der Waals surface area (Å²) in [5, 5.41) is 20.9. The molecule has 0 spiro atoms. The number of hydrogen-bond acceptors (Lipinski definition) is 4. The summed E-state index contributed by atoms with van der Waals surface area (Å²) in [5.74, 6) is -0.681. The van der Waals surface area contributed by atoms with E-state index in [9.17, 15) is 19.4 Å². The van der Waals surface area contributed by atoms with Gasteiger partial charge >= 0.3 is 5.97 Å². The zero-order valence-electron chi connectivity index (χ0n) is 17.6. The highest BCUT2D eigenvalue weighted by Gasteiger charge is 2.40. The zero-order valence-corrected chi connectivity index (χ0v) is 17.6. The normalized spacial score (nSPS) is 27.7. The number of ether oxygens (including phenoxy) is 1. The Morgan fingerprint density at radius 1 is 1.27 bits per heavy atom. The van der Waals surface area contributed by atoms with Gasteiger partial charge in [-0.3, -0.25) is 4.79 Å². The highest BCUT2D eigenvalue weighted by Crippen LogP contribution is 2.38. The van der Waals surface area contributed by atoms with E-state index in [0.29, 0.717) is 19.3 Å². The highest BCUT2D eigenvalue weighted by atomic mass is 19.1. The van der Waals surface area contributed by atoms with Crippen LogP contribution >= 0.6 is 0 Å². The highest BCUT2D eigenvalue weighted by molar-refractivity contribution is 5.69. The van der Waals surface area contributed by atoms with Gasteiger partial charge in [-0.2, -0.15) is 0 Å². The number of rotatable bonds is 9. The summed E-state index contributed by atoms with van der Waals surface area (Å²) in [6.45, 7) is 0. The van der Waals surface area contributed by atoms with Crippen molar-refractivity contribution < 1.29 is 24.1 Å². The van der Waals surface area contributed by atoms with E-state index in [0.717, 1.165) is 19.3 Å². The second-order valence-corrected chi connectivity index (χ2v) is 8.55. The number of hydrogen-bond donors (Lipinski definition) is 2. The maximum atomic E-state index is 14.5. The number of methoxy groups -OCH3 is 1. The van der Waals surface area contributed by atoms with E-state index in [4.69, 9.17) is 0 Å². The predicted octanol–water partition coefficient (Wildman–Crippen LogP) is 3.94. The number of carbonyl (C=O) groups is 1. The van der Waals surface area contributed by atoms with E-state index >= 15 is 0 Å². The molecule has 2 aliphatic rings. The summed E-state index contributed by atoms with van der Waals surface area (Å²) in [4.78, 5) is 11.1. The first-order valence-electron chi connectivity index (χ1n) is 11.0. The Balaban J connectivity index is 1.51. The molecule has 2 N–H and O–H groups in total. The Labute approximate surface area is 178 Å². The maximum Gasteiger partial charge on any atom is 0.305 e. The minimum Gasteiger partial charge on any atom is -0.469 e. The van der Waals surface area contributed by atoms with Crippen molar-refractivity contribution in [1.29, 1.82) is 0 Å². The van der Waals surface area contributed by atoms with Gasteiger partial charge in [0.1, 0.15) is 6.17 Å². The molecule has 0 radical (unpaired) electrons. The van der Waals surface area contributed by atoms with Crippen molar-refractivity contribution in [2.24, 2.45) is 17.8 Å². The lowest BCUT2D eigenvalue weighted by Crippen LogP contribution is -2.21. The van der Waals surface area contributed by atoms with Crippen LogP contribution in [-0.2, 0) is 22.4 Å². The largest absolute Gasteiger partial charge is 0.469 e. The van der Waals surface area contributed by atoms with Crippen molar-refractivity contribution in [3.05, 3.63) is 59.7 Å². The van der Waals surface area contributed by atoms with Crippen molar-refractivity contribution in [3.63, 3.8) is 0 Å². The third-order valence-corrected chi connectivity index (χ3v) is 6.52. The lowest BCUT2D eigenvalue weighted by Gasteiger charge is -2.20. The van der Waals surface area contributed by atoms with Gasteiger partial charge in [0.15, 0.2) is 0 Å². The van der Waals surface area contributed by atoms with Crippen LogP contribution in [0.25, 0.3) is 0 Å². The van der Waals surface area contributed by atoms with E-state index in [-0.39, 0.29) is 24.2 Å². The quantitative estimate of drug-likeness (QED) is 0.364. The molecule has 0 amide bonds. The molecule has 1 fully saturated rings. The van der Waals surface area contributed by atoms with Crippen LogP contribution in [0.3, 0.4) is 0 Å². The number of unbranched alkanes of at least 4 members (excludes halogenated alkanes) is 1. The Hall–Kier alpha value is -1.98. The molecular formula is C25H33FO4. The molecule has 164 valence electrons. The van der Waals surface area contributed by atoms with Gasteiger partial charge < -0.3 is 14.9 Å². The lowest BCUT2D eigenvalue weighted by molar-refractivity contribution is -0.140. The second kappa shape index (κ2) is 10.9. The molecule has 4 nitrogen and oxygen atoms in total. The summed E-state index contributed by atoms with van der Waals surface area (Å²) < 4.78 is 19.1. The third kappa shape index (κ3) is 5.79. The topological polar surface area (TPSA) is 66.8 Å². The summed E-state index contributed by atoms with van der Waals surface area (Å²) in [7, 11) is 1.38. The van der Waals surface area contributed by atoms with Crippen LogP contribution in [0.15, 0.2) is 48.6 Å². The van der Waals surface area contributed by atoms with Crippen molar-refractivity contribution in [3.8, 4) is 0 Å². The van der Waals surface area contributed by atoms with Crippen LogP contribution in [0.1, 0.15) is 43.2 Å². The Morgan fingerprint density at radius 2 is 1.97 bits per heavy atom. The number of alkyl halides is 1. The van der Waals surface area contributed by atoms with Crippen molar-refractivity contribution in [2.45, 2.75) is 63.3 Å². The third-order valence-electron chi connectivity index (χ3n) is 6.52. The van der Waals surface area contributed by atoms with Gasteiger partial charge in [-0.1, -0.05) is 48.6 Å². The van der Waals surface area contributed by atoms with Crippen LogP contribution in [0.2, 0.25) is 0 Å². The fourth-order valence-electron chi connectivity index (χ4n) is 4.74. The average Bonchev–Trinajstić information content (AvgIpc) is 3.29. The molecule has 0 unspecified atom stereocenters. The van der Waals surface area contributed by atoms with Crippen LogP contribution < -0.4 is 0 Å². The van der Waals surface area contributed by atoms with Crippen LogP contribution in [0, 0.1) is 17.8 Å². The molecule has 0 bridgehead atoms. The van der Waals surface area contributed by atoms with Gasteiger partial charge in [0, 0.05) is 18.8 Å². The van der Waals surface area contributed by atoms with E-state index in [1.165, 1.54) is 18.2 Å². The molecule has 0 aromatic heterocycles. The fourth-order valence-corrected chi connectivity index (χ4v) is 4.74. The van der Waals surface area contributed by atoms with Crippen molar-refractivity contribution in [1.82, 2.24) is 0 Å². The number of aliphatic hydroxyl groups is 2. The number of halogens is 1. The first-order valence-corrected chi connectivity index (χ1v) is 11.0. The molecule has 1 aromatic carbocycles. The summed E-state index contributed by atoms with van der Waals surface area (Å²) in [5.41, 5.74) is 2.56. The summed E-state index contributed by atoms with van der Waals surface area (Å²) in [6.07, 6.45) is 9.32. The van der Waals surface area contributed by atoms with E-state index < -0.39 is 24.3 Å². The van der Waals surface area contributed by atoms with E-state index in [2.05, 4.69) is 16.9 Å². The monoisotopic (exact) mass is 416 g/mol. The molecular weight excluding hydrogens is 383 g/mol. The summed E-state index contributed by atoms with van der Waals surface area (Å²) in [6, 6.07) is 8.24. The zero-order chi connectivity index (χ0) is 21.5. The van der Waals surface area contributed by atoms with Gasteiger partial charge in [0.2, 0.25) is 0 Å². The van der Waals surface area contributed by atoms with Crippen LogP contribution in [0.5, 0.6) is 0 Å². The molecule has 5 heteroatoms. The molecule has 0 aliphatic heterocycles. The standard InChI is InChI=1S/C25H33FO4/c1-30-25(29)11-5-3-2-4-10-21-20(22(26)16-24(21)28)12-13-23(27)19-14-17-8-6-7-9-18(17)15-19/h2,4,6-9,12-13,19-24,27-28H,3,5,10-11,14-16H2,1H3/b4-2-,13-12+/t20-,21-,22+,23+,24+/m1/s1. The molecule has 1 aromatic rings. The lowest BCUT2D eigenvalue weighted by atomic mass is 9.89. The SMILES string of the molecule is COC(=O)CCC/C=C\C[C@@H]1[C@@H](/C=C/[C@H](O)C2Cc3ccccc3C2)[C@@H](F)C[C@@H]1O. The van der Waals surface area contributed by atoms with Crippen LogP contribution in [0.4, 0.5) is 4.39 Å². The molecule has 0 saturated heterocycles. The predicted molar refractivity (Wildman–Crippen MR) is 115 cm³/mol. The minimum absolute atomic E-state index is 0.121. The molecule has 1 saturated carbocycles. The molecule has 5 atom stereocenters. The van der Waals surface area contributed by atoms with E-state index in [1.807, 2.05) is 24.3 Å². The van der Waals surface area contributed by atoms with Gasteiger partial charge in [-0.25, -0.2) is 4.39 Å². The molecule has 30 heavy (non-hydrogen) atoms. The molecule has 0 heterocycles. The first-order chi connectivity index (χ1) is 14.5. The average molecular weight is 417 g/mol. The number of allylic oxidation sites excluding steroid dienone is 3. The molecule has 2 aliphatic carbocycles. The first kappa shape index (κ1) is 22.7. The van der Waals surface area contributed by atoms with Gasteiger partial charge in [-0.05, 0) is 55.1 Å². The summed E-state index contributed by atoms with van der Waals surface area (Å²) >= 11 is 0. The van der Waals surface area contributed by atoms with Crippen molar-refractivity contribution in [2.75, 3.05) is 7.11 Å². The van der Waals surface area contributed by atoms with Gasteiger partial charge in [0.25, 0.3) is 0 Å². The Bertz CT molecular complexity index is 734. The maximum absolute atomic E-state index is 14.5. The number of esters is 1. The Kier molecular flexibility index (Phi) is 8.23. The number of carbonyl (C=O) groups excluding carboxylic acids is 1. The molecule has 3 rings (SSSR count). The Morgan fingerprint density at radius 3 is 2.63 bits per heavy atom. The van der Waals surface area contributed by atoms with Crippen LogP contribution in [-0.4, -0.2) is 41.7 Å². The van der Waals surface area contributed by atoms with Gasteiger partial charge in [-0.15, -0.1) is 0 Å². The number of aliphatic hydroxyl groups excluding tert-OH is 2. The fraction of sp³-hybridized carbons (Fsp3) is 0.560. The second-order valence-electron chi connectivity index (χ2n) is 8.55. The smallest absolute Gasteiger partial charge is 0.305 e. The number of benzene rings is 1. The van der Waals surface area contributed by atoms with Gasteiger partial charge in [0.05, 0.1) is 19.3 Å². The van der Waals surface area contributed by atoms with Crippen molar-refractivity contribution >= 4 is 5.97 Å². The minimum atomic E-state index is -1.10.